The standard InChI is InChI=1S/C16H27N3O2/c1-12(18-6-9-19-7-4-17-5-8-19)15-13(20)10-16(2,3)11-14(15)21/h17,20H,4-11H2,1-3H3/p+3. The highest BCUT2D eigenvalue weighted by atomic mass is 16.3. The number of hydrogen-bond acceptors (Lipinski definition) is 2. The van der Waals surface area contributed by atoms with Crippen LogP contribution in [-0.2, 0) is 4.79 Å². The van der Waals surface area contributed by atoms with Gasteiger partial charge in [0.15, 0.2) is 18.0 Å². The van der Waals surface area contributed by atoms with Crippen LogP contribution < -0.4 is 15.2 Å². The van der Waals surface area contributed by atoms with Gasteiger partial charge in [0, 0.05) is 19.8 Å². The number of quaternary nitrogens is 2. The van der Waals surface area contributed by atoms with E-state index in [0.717, 1.165) is 18.8 Å². The Bertz CT molecular complexity index is 460. The molecule has 0 saturated carbocycles. The van der Waals surface area contributed by atoms with Crippen LogP contribution in [0.25, 0.3) is 0 Å². The normalized spacial score (nSPS) is 24.5. The van der Waals surface area contributed by atoms with Gasteiger partial charge in [0.05, 0.1) is 0 Å². The van der Waals surface area contributed by atoms with Gasteiger partial charge in [-0.3, -0.25) is 4.79 Å². The average molecular weight is 296 g/mol. The molecule has 0 atom stereocenters. The van der Waals surface area contributed by atoms with Gasteiger partial charge in [0.25, 0.3) is 0 Å². The Morgan fingerprint density at radius 1 is 1.33 bits per heavy atom. The minimum atomic E-state index is -0.126. The van der Waals surface area contributed by atoms with Gasteiger partial charge in [0.1, 0.15) is 44.1 Å². The molecule has 0 unspecified atom stereocenters. The maximum atomic E-state index is 12.2. The van der Waals surface area contributed by atoms with E-state index in [-0.39, 0.29) is 17.0 Å². The van der Waals surface area contributed by atoms with Gasteiger partial charge in [-0.1, -0.05) is 13.8 Å². The fourth-order valence-corrected chi connectivity index (χ4v) is 3.36. The van der Waals surface area contributed by atoms with Crippen LogP contribution in [-0.4, -0.2) is 55.9 Å². The van der Waals surface area contributed by atoms with E-state index < -0.39 is 0 Å². The van der Waals surface area contributed by atoms with E-state index in [1.54, 1.807) is 4.90 Å². The number of nitrogens with two attached hydrogens (primary N) is 1. The summed E-state index contributed by atoms with van der Waals surface area (Å²) in [6.07, 6.45) is 1.10. The second kappa shape index (κ2) is 6.71. The first kappa shape index (κ1) is 16.2. The molecule has 5 N–H and O–H groups in total. The minimum Gasteiger partial charge on any atom is -0.511 e. The molecule has 2 rings (SSSR count). The molecule has 5 heteroatoms. The van der Waals surface area contributed by atoms with Crippen LogP contribution in [0, 0.1) is 5.41 Å². The molecule has 0 spiro atoms. The van der Waals surface area contributed by atoms with Gasteiger partial charge in [-0.05, 0) is 5.41 Å². The summed E-state index contributed by atoms with van der Waals surface area (Å²) < 4.78 is 0. The number of rotatable bonds is 4. The highest BCUT2D eigenvalue weighted by molar-refractivity contribution is 6.20. The molecule has 1 heterocycles. The third-order valence-corrected chi connectivity index (χ3v) is 4.50. The monoisotopic (exact) mass is 296 g/mol. The third-order valence-electron chi connectivity index (χ3n) is 4.50. The maximum Gasteiger partial charge on any atom is 0.189 e. The largest absolute Gasteiger partial charge is 0.511 e. The first-order valence-electron chi connectivity index (χ1n) is 8.07. The van der Waals surface area contributed by atoms with E-state index in [4.69, 9.17) is 0 Å². The summed E-state index contributed by atoms with van der Waals surface area (Å²) in [5.41, 5.74) is 1.23. The van der Waals surface area contributed by atoms with Crippen LogP contribution in [0.3, 0.4) is 0 Å². The number of Topliss-reactive ketones (excluding diaryl/α,β-unsaturated/α-hetero) is 1. The molecular formula is C16H30N3O2+3. The van der Waals surface area contributed by atoms with E-state index in [1.165, 1.54) is 26.2 Å². The van der Waals surface area contributed by atoms with Crippen LogP contribution in [0.15, 0.2) is 11.3 Å². The highest BCUT2D eigenvalue weighted by Gasteiger charge is 2.35. The lowest BCUT2D eigenvalue weighted by Crippen LogP contribution is -3.21. The van der Waals surface area contributed by atoms with Crippen molar-refractivity contribution in [3.63, 3.8) is 0 Å². The fourth-order valence-electron chi connectivity index (χ4n) is 3.36. The van der Waals surface area contributed by atoms with Crippen molar-refractivity contribution < 1.29 is 25.1 Å². The predicted molar refractivity (Wildman–Crippen MR) is 81.4 cm³/mol. The lowest BCUT2D eigenvalue weighted by Gasteiger charge is -2.28. The summed E-state index contributed by atoms with van der Waals surface area (Å²) in [5.74, 6) is 0.315. The topological polar surface area (TPSA) is 72.3 Å². The zero-order chi connectivity index (χ0) is 15.5. The van der Waals surface area contributed by atoms with Gasteiger partial charge >= 0.3 is 0 Å². The SMILES string of the molecule is CC(=[NH+]CC[NH+]1CC[NH2+]CC1)C1=C(O)CC(C)(C)CC1=O. The number of piperazine rings is 1. The molecule has 1 fully saturated rings. The summed E-state index contributed by atoms with van der Waals surface area (Å²) in [6.45, 7) is 12.7. The zero-order valence-corrected chi connectivity index (χ0v) is 13.6. The van der Waals surface area contributed by atoms with Crippen LogP contribution >= 0.6 is 0 Å². The van der Waals surface area contributed by atoms with E-state index in [9.17, 15) is 9.90 Å². The Morgan fingerprint density at radius 2 is 2.00 bits per heavy atom. The molecule has 0 bridgehead atoms. The number of hydrogen-bond donors (Lipinski definition) is 4. The van der Waals surface area contributed by atoms with Crippen molar-refractivity contribution in [1.29, 1.82) is 0 Å². The summed E-state index contributed by atoms with van der Waals surface area (Å²) in [6, 6.07) is 0. The summed E-state index contributed by atoms with van der Waals surface area (Å²) in [7, 11) is 0. The van der Waals surface area contributed by atoms with Crippen LogP contribution in [0.2, 0.25) is 0 Å². The fraction of sp³-hybridized carbons (Fsp3) is 0.750. The van der Waals surface area contributed by atoms with E-state index >= 15 is 0 Å². The molecule has 0 aromatic heterocycles. The quantitative estimate of drug-likeness (QED) is 0.423. The van der Waals surface area contributed by atoms with E-state index in [2.05, 4.69) is 10.3 Å². The van der Waals surface area contributed by atoms with Gasteiger partial charge in [-0.2, -0.15) is 0 Å². The number of aliphatic hydroxyl groups excluding tert-OH is 1. The molecular weight excluding hydrogens is 266 g/mol. The van der Waals surface area contributed by atoms with Gasteiger partial charge in [0.2, 0.25) is 0 Å². The predicted octanol–water partition coefficient (Wildman–Crippen LogP) is -2.81. The van der Waals surface area contributed by atoms with Crippen molar-refractivity contribution in [2.45, 2.75) is 33.6 Å². The summed E-state index contributed by atoms with van der Waals surface area (Å²) >= 11 is 0. The second-order valence-corrected chi connectivity index (χ2v) is 7.18. The average Bonchev–Trinajstić information content (AvgIpc) is 2.37. The first-order valence-corrected chi connectivity index (χ1v) is 8.07. The van der Waals surface area contributed by atoms with Gasteiger partial charge < -0.3 is 15.3 Å². The molecule has 0 aromatic carbocycles. The van der Waals surface area contributed by atoms with Crippen molar-refractivity contribution in [2.24, 2.45) is 5.41 Å². The minimum absolute atomic E-state index is 0.0636. The van der Waals surface area contributed by atoms with Crippen LogP contribution in [0.4, 0.5) is 0 Å². The maximum absolute atomic E-state index is 12.2. The molecule has 1 aliphatic carbocycles. The van der Waals surface area contributed by atoms with Gasteiger partial charge in [-0.15, -0.1) is 0 Å². The molecule has 5 nitrogen and oxygen atoms in total. The number of aliphatic hydroxyl groups is 1. The lowest BCUT2D eigenvalue weighted by molar-refractivity contribution is -0.951. The lowest BCUT2D eigenvalue weighted by atomic mass is 9.76. The number of allylic oxidation sites excluding steroid dienone is 2. The molecule has 0 amide bonds. The summed E-state index contributed by atoms with van der Waals surface area (Å²) in [5, 5.41) is 12.5. The van der Waals surface area contributed by atoms with E-state index in [1.807, 2.05) is 20.8 Å². The second-order valence-electron chi connectivity index (χ2n) is 7.18. The van der Waals surface area contributed by atoms with Crippen molar-refractivity contribution in [3.05, 3.63) is 11.3 Å². The number of nitrogens with one attached hydrogen (secondary N) is 2. The zero-order valence-electron chi connectivity index (χ0n) is 13.6. The Labute approximate surface area is 127 Å². The molecule has 0 radical (unpaired) electrons. The number of ketones is 1. The Hall–Kier alpha value is -1.20. The van der Waals surface area contributed by atoms with E-state index in [0.29, 0.717) is 18.4 Å². The molecule has 0 aromatic rings. The number of carbonyl (C=O) groups excluding carboxylic acids is 1. The third kappa shape index (κ3) is 4.38. The summed E-state index contributed by atoms with van der Waals surface area (Å²) in [4.78, 5) is 17.2. The van der Waals surface area contributed by atoms with Crippen LogP contribution in [0.5, 0.6) is 0 Å². The first-order chi connectivity index (χ1) is 9.89. The molecule has 21 heavy (non-hydrogen) atoms. The highest BCUT2D eigenvalue weighted by Crippen LogP contribution is 2.35. The molecule has 1 saturated heterocycles. The van der Waals surface area contributed by atoms with Crippen molar-refractivity contribution in [2.75, 3.05) is 39.3 Å². The van der Waals surface area contributed by atoms with Crippen molar-refractivity contribution >= 4 is 11.5 Å². The smallest absolute Gasteiger partial charge is 0.189 e. The van der Waals surface area contributed by atoms with Gasteiger partial charge in [-0.25, -0.2) is 4.99 Å². The van der Waals surface area contributed by atoms with Crippen LogP contribution in [0.1, 0.15) is 33.6 Å². The van der Waals surface area contributed by atoms with Crippen molar-refractivity contribution in [1.82, 2.24) is 0 Å². The number of carbonyl (C=O) groups is 1. The Morgan fingerprint density at radius 3 is 2.62 bits per heavy atom. The molecule has 2 aliphatic rings. The van der Waals surface area contributed by atoms with Crippen molar-refractivity contribution in [3.8, 4) is 0 Å². The molecule has 1 aliphatic heterocycles. The Balaban J connectivity index is 1.96. The molecule has 118 valence electrons. The Kier molecular flexibility index (Phi) is 5.17.